The van der Waals surface area contributed by atoms with Crippen molar-refractivity contribution in [1.29, 1.82) is 0 Å². The third-order valence-corrected chi connectivity index (χ3v) is 4.68. The topological polar surface area (TPSA) is 53.6 Å². The molecule has 1 heterocycles. The van der Waals surface area contributed by atoms with Crippen molar-refractivity contribution in [1.82, 2.24) is 0 Å². The van der Waals surface area contributed by atoms with Gasteiger partial charge in [-0.3, -0.25) is 0 Å². The first-order chi connectivity index (χ1) is 12.2. The van der Waals surface area contributed by atoms with E-state index < -0.39 is 0 Å². The lowest BCUT2D eigenvalue weighted by atomic mass is 9.97. The molecule has 4 aromatic carbocycles. The van der Waals surface area contributed by atoms with Crippen LogP contribution in [0.3, 0.4) is 0 Å². The zero-order valence-electron chi connectivity index (χ0n) is 13.2. The van der Waals surface area contributed by atoms with Crippen LogP contribution >= 0.6 is 0 Å². The van der Waals surface area contributed by atoms with Crippen LogP contribution in [0.4, 0.5) is 0 Å². The van der Waals surface area contributed by atoms with Gasteiger partial charge >= 0.3 is 0 Å². The number of para-hydroxylation sites is 1. The first kappa shape index (κ1) is 13.9. The highest BCUT2D eigenvalue weighted by molar-refractivity contribution is 6.25. The fourth-order valence-corrected chi connectivity index (χ4v) is 3.56. The molecule has 0 aliphatic heterocycles. The van der Waals surface area contributed by atoms with E-state index in [0.29, 0.717) is 16.9 Å². The molecule has 0 unspecified atom stereocenters. The normalized spacial score (nSPS) is 11.5. The van der Waals surface area contributed by atoms with Gasteiger partial charge in [-0.15, -0.1) is 0 Å². The lowest BCUT2D eigenvalue weighted by Gasteiger charge is -2.07. The summed E-state index contributed by atoms with van der Waals surface area (Å²) in [5.74, 6) is 0.964. The second-order valence-electron chi connectivity index (χ2n) is 6.12. The van der Waals surface area contributed by atoms with Crippen molar-refractivity contribution in [2.24, 2.45) is 0 Å². The molecule has 0 radical (unpaired) electrons. The van der Waals surface area contributed by atoms with E-state index in [4.69, 9.17) is 4.42 Å². The first-order valence-electron chi connectivity index (χ1n) is 8.08. The fraction of sp³-hybridized carbons (Fsp3) is 0. The van der Waals surface area contributed by atoms with Gasteiger partial charge in [-0.25, -0.2) is 0 Å². The van der Waals surface area contributed by atoms with Crippen LogP contribution in [0.25, 0.3) is 43.8 Å². The van der Waals surface area contributed by atoms with Gasteiger partial charge in [0.25, 0.3) is 0 Å². The highest BCUT2D eigenvalue weighted by Crippen LogP contribution is 2.43. The van der Waals surface area contributed by atoms with E-state index in [9.17, 15) is 10.2 Å². The van der Waals surface area contributed by atoms with Crippen LogP contribution in [-0.2, 0) is 0 Å². The summed E-state index contributed by atoms with van der Waals surface area (Å²) >= 11 is 0. The number of aromatic hydroxyl groups is 2. The molecule has 0 amide bonds. The summed E-state index contributed by atoms with van der Waals surface area (Å²) in [6, 6.07) is 22.5. The van der Waals surface area contributed by atoms with Gasteiger partial charge in [0, 0.05) is 16.2 Å². The molecule has 120 valence electrons. The number of hydrogen-bond acceptors (Lipinski definition) is 3. The van der Waals surface area contributed by atoms with Crippen molar-refractivity contribution in [3.05, 3.63) is 72.8 Å². The van der Waals surface area contributed by atoms with Crippen molar-refractivity contribution in [2.75, 3.05) is 0 Å². The van der Waals surface area contributed by atoms with Gasteiger partial charge in [0.15, 0.2) is 0 Å². The van der Waals surface area contributed by atoms with Crippen molar-refractivity contribution in [3.8, 4) is 22.8 Å². The van der Waals surface area contributed by atoms with Gasteiger partial charge in [-0.2, -0.15) is 0 Å². The molecule has 3 nitrogen and oxygen atoms in total. The average Bonchev–Trinajstić information content (AvgIpc) is 3.07. The van der Waals surface area contributed by atoms with E-state index in [0.717, 1.165) is 26.9 Å². The Morgan fingerprint density at radius 2 is 1.28 bits per heavy atom. The van der Waals surface area contributed by atoms with Crippen LogP contribution in [0, 0.1) is 0 Å². The van der Waals surface area contributed by atoms with Crippen LogP contribution in [0.5, 0.6) is 11.5 Å². The molecule has 0 aliphatic carbocycles. The van der Waals surface area contributed by atoms with E-state index in [-0.39, 0.29) is 11.5 Å². The van der Waals surface area contributed by atoms with Gasteiger partial charge in [-0.1, -0.05) is 48.5 Å². The zero-order valence-corrected chi connectivity index (χ0v) is 13.2. The molecule has 2 N–H and O–H groups in total. The van der Waals surface area contributed by atoms with Crippen molar-refractivity contribution in [3.63, 3.8) is 0 Å². The number of fused-ring (bicyclic) bond motifs is 6. The van der Waals surface area contributed by atoms with Gasteiger partial charge in [0.1, 0.15) is 22.8 Å². The molecule has 0 aliphatic rings. The highest BCUT2D eigenvalue weighted by atomic mass is 16.3. The lowest BCUT2D eigenvalue weighted by molar-refractivity contribution is 0.474. The second-order valence-corrected chi connectivity index (χ2v) is 6.12. The SMILES string of the molecule is Oc1ccccc1-c1cc2c(o1)c1ccccc1c1cccc(O)c12. The average molecular weight is 326 g/mol. The molecule has 0 atom stereocenters. The summed E-state index contributed by atoms with van der Waals surface area (Å²) in [6.07, 6.45) is 0. The monoisotopic (exact) mass is 326 g/mol. The number of rotatable bonds is 1. The van der Waals surface area contributed by atoms with Crippen molar-refractivity contribution >= 4 is 32.5 Å². The Morgan fingerprint density at radius 3 is 2.12 bits per heavy atom. The molecule has 0 fully saturated rings. The standard InChI is InChI=1S/C22H14O3/c23-18-10-4-3-8-16(18)20-12-17-21-14(9-5-11-19(21)24)13-6-1-2-7-15(13)22(17)25-20/h1-12,23-24H. The summed E-state index contributed by atoms with van der Waals surface area (Å²) < 4.78 is 6.14. The fourth-order valence-electron chi connectivity index (χ4n) is 3.56. The third-order valence-electron chi connectivity index (χ3n) is 4.68. The Hall–Kier alpha value is -3.46. The molecule has 5 aromatic rings. The number of benzene rings is 4. The predicted octanol–water partition coefficient (Wildman–Crippen LogP) is 5.82. The van der Waals surface area contributed by atoms with Crippen molar-refractivity contribution in [2.45, 2.75) is 0 Å². The highest BCUT2D eigenvalue weighted by Gasteiger charge is 2.17. The largest absolute Gasteiger partial charge is 0.507 e. The second kappa shape index (κ2) is 5.02. The molecule has 25 heavy (non-hydrogen) atoms. The lowest BCUT2D eigenvalue weighted by Crippen LogP contribution is -1.80. The zero-order chi connectivity index (χ0) is 17.0. The molecule has 0 bridgehead atoms. The molecule has 0 saturated heterocycles. The minimum absolute atomic E-state index is 0.166. The number of phenolic OH excluding ortho intramolecular Hbond substituents is 2. The van der Waals surface area contributed by atoms with Crippen LogP contribution < -0.4 is 0 Å². The molecule has 1 aromatic heterocycles. The Bertz CT molecular complexity index is 1260. The number of hydrogen-bond donors (Lipinski definition) is 2. The van der Waals surface area contributed by atoms with Crippen LogP contribution in [-0.4, -0.2) is 10.2 Å². The quantitative estimate of drug-likeness (QED) is 0.382. The van der Waals surface area contributed by atoms with Gasteiger partial charge in [0.2, 0.25) is 0 Å². The van der Waals surface area contributed by atoms with E-state index in [1.54, 1.807) is 18.2 Å². The van der Waals surface area contributed by atoms with Crippen LogP contribution in [0.2, 0.25) is 0 Å². The van der Waals surface area contributed by atoms with Crippen LogP contribution in [0.15, 0.2) is 77.2 Å². The maximum absolute atomic E-state index is 10.5. The summed E-state index contributed by atoms with van der Waals surface area (Å²) in [5.41, 5.74) is 1.34. The minimum Gasteiger partial charge on any atom is -0.507 e. The maximum atomic E-state index is 10.5. The summed E-state index contributed by atoms with van der Waals surface area (Å²) in [6.45, 7) is 0. The Kier molecular flexibility index (Phi) is 2.80. The van der Waals surface area contributed by atoms with Gasteiger partial charge in [0.05, 0.1) is 5.56 Å². The molecular formula is C22H14O3. The summed E-state index contributed by atoms with van der Waals surface area (Å²) in [4.78, 5) is 0. The smallest absolute Gasteiger partial charge is 0.143 e. The summed E-state index contributed by atoms with van der Waals surface area (Å²) in [5, 5.41) is 25.2. The third kappa shape index (κ3) is 1.93. The van der Waals surface area contributed by atoms with Gasteiger partial charge < -0.3 is 14.6 Å². The molecule has 0 saturated carbocycles. The number of furan rings is 1. The predicted molar refractivity (Wildman–Crippen MR) is 100.0 cm³/mol. The van der Waals surface area contributed by atoms with Gasteiger partial charge in [-0.05, 0) is 35.0 Å². The molecule has 5 rings (SSSR count). The molecule has 0 spiro atoms. The molecule has 3 heteroatoms. The van der Waals surface area contributed by atoms with E-state index in [2.05, 4.69) is 0 Å². The summed E-state index contributed by atoms with van der Waals surface area (Å²) in [7, 11) is 0. The Balaban J connectivity index is 2.01. The number of phenols is 2. The maximum Gasteiger partial charge on any atom is 0.143 e. The minimum atomic E-state index is 0.166. The Labute approximate surface area is 143 Å². The van der Waals surface area contributed by atoms with E-state index in [1.807, 2.05) is 54.6 Å². The molecular weight excluding hydrogens is 312 g/mol. The first-order valence-corrected chi connectivity index (χ1v) is 8.08. The Morgan fingerprint density at radius 1 is 0.600 bits per heavy atom. The van der Waals surface area contributed by atoms with E-state index >= 15 is 0 Å². The van der Waals surface area contributed by atoms with Crippen LogP contribution in [0.1, 0.15) is 0 Å². The van der Waals surface area contributed by atoms with Crippen molar-refractivity contribution < 1.29 is 14.6 Å². The van der Waals surface area contributed by atoms with E-state index in [1.165, 1.54) is 0 Å².